The Labute approximate surface area is 159 Å². The maximum absolute atomic E-state index is 13.7. The van der Waals surface area contributed by atoms with Crippen molar-refractivity contribution in [2.24, 2.45) is 0 Å². The van der Waals surface area contributed by atoms with Crippen LogP contribution >= 0.6 is 0 Å². The average Bonchev–Trinajstić information content (AvgIpc) is 3.19. The summed E-state index contributed by atoms with van der Waals surface area (Å²) in [4.78, 5) is 14.6. The predicted octanol–water partition coefficient (Wildman–Crippen LogP) is 3.99. The molecule has 2 aromatic carbocycles. The molecule has 1 atom stereocenters. The van der Waals surface area contributed by atoms with E-state index in [1.165, 1.54) is 12.1 Å². The first kappa shape index (κ1) is 18.7. The zero-order chi connectivity index (χ0) is 19.2. The van der Waals surface area contributed by atoms with Gasteiger partial charge < -0.3 is 14.8 Å². The minimum absolute atomic E-state index is 0.0744. The Bertz CT molecular complexity index is 873. The number of hydrogen-bond acceptors (Lipinski definition) is 2. The third kappa shape index (κ3) is 4.97. The molecule has 0 unspecified atom stereocenters. The van der Waals surface area contributed by atoms with Gasteiger partial charge >= 0.3 is 0 Å². The number of anilines is 1. The molecule has 27 heavy (non-hydrogen) atoms. The Balaban J connectivity index is 1.66. The Kier molecular flexibility index (Phi) is 5.91. The zero-order valence-corrected chi connectivity index (χ0v) is 15.6. The highest BCUT2D eigenvalue weighted by molar-refractivity contribution is 5.76. The van der Waals surface area contributed by atoms with Crippen LogP contribution in [0.5, 0.6) is 0 Å². The minimum atomic E-state index is -0.300. The largest absolute Gasteiger partial charge is 0.378 e. The number of nitrogens with one attached hydrogen (secondary N) is 1. The van der Waals surface area contributed by atoms with Crippen molar-refractivity contribution in [3.8, 4) is 0 Å². The van der Waals surface area contributed by atoms with E-state index < -0.39 is 0 Å². The maximum atomic E-state index is 13.7. The number of halogens is 1. The van der Waals surface area contributed by atoms with Crippen molar-refractivity contribution in [3.05, 3.63) is 90.0 Å². The lowest BCUT2D eigenvalue weighted by molar-refractivity contribution is -0.121. The van der Waals surface area contributed by atoms with E-state index in [4.69, 9.17) is 0 Å². The van der Waals surface area contributed by atoms with Crippen LogP contribution in [-0.4, -0.2) is 24.6 Å². The molecule has 140 valence electrons. The molecule has 0 bridgehead atoms. The SMILES string of the molecule is CN(C)c1ccc(CNC(=O)C[C@@H](c2cccc(F)c2)n2cccc2)cc1. The van der Waals surface area contributed by atoms with Crippen LogP contribution in [0.2, 0.25) is 0 Å². The average molecular weight is 365 g/mol. The van der Waals surface area contributed by atoms with Crippen LogP contribution in [0.25, 0.3) is 0 Å². The maximum Gasteiger partial charge on any atom is 0.222 e. The molecule has 1 aromatic heterocycles. The molecule has 0 saturated carbocycles. The smallest absolute Gasteiger partial charge is 0.222 e. The van der Waals surface area contributed by atoms with Gasteiger partial charge in [0.1, 0.15) is 5.82 Å². The molecule has 4 nitrogen and oxygen atoms in total. The van der Waals surface area contributed by atoms with Gasteiger partial charge in [-0.15, -0.1) is 0 Å². The summed E-state index contributed by atoms with van der Waals surface area (Å²) in [6.45, 7) is 0.466. The summed E-state index contributed by atoms with van der Waals surface area (Å²) in [5, 5.41) is 2.96. The predicted molar refractivity (Wildman–Crippen MR) is 106 cm³/mol. The van der Waals surface area contributed by atoms with Crippen LogP contribution in [0.15, 0.2) is 73.1 Å². The summed E-state index contributed by atoms with van der Waals surface area (Å²) in [6.07, 6.45) is 4.03. The van der Waals surface area contributed by atoms with E-state index in [-0.39, 0.29) is 24.2 Å². The molecule has 0 aliphatic heterocycles. The molecule has 0 aliphatic rings. The number of rotatable bonds is 7. The Morgan fingerprint density at radius 3 is 2.41 bits per heavy atom. The lowest BCUT2D eigenvalue weighted by Gasteiger charge is -2.19. The fourth-order valence-corrected chi connectivity index (χ4v) is 3.03. The molecule has 1 amide bonds. The fourth-order valence-electron chi connectivity index (χ4n) is 3.03. The van der Waals surface area contributed by atoms with Crippen LogP contribution in [0, 0.1) is 5.82 Å². The standard InChI is InChI=1S/C22H24FN3O/c1-25(2)20-10-8-17(9-11-20)16-24-22(27)15-21(26-12-3-4-13-26)18-6-5-7-19(23)14-18/h3-14,21H,15-16H2,1-2H3,(H,24,27)/t21-/m0/s1. The van der Waals surface area contributed by atoms with Crippen molar-refractivity contribution in [1.82, 2.24) is 9.88 Å². The van der Waals surface area contributed by atoms with Crippen molar-refractivity contribution >= 4 is 11.6 Å². The van der Waals surface area contributed by atoms with Gasteiger partial charge in [0.2, 0.25) is 5.91 Å². The number of benzene rings is 2. The van der Waals surface area contributed by atoms with Gasteiger partial charge in [0.25, 0.3) is 0 Å². The number of aromatic nitrogens is 1. The van der Waals surface area contributed by atoms with Crippen molar-refractivity contribution in [1.29, 1.82) is 0 Å². The third-order valence-electron chi connectivity index (χ3n) is 4.54. The Hall–Kier alpha value is -3.08. The third-order valence-corrected chi connectivity index (χ3v) is 4.54. The van der Waals surface area contributed by atoms with Gasteiger partial charge in [-0.05, 0) is 47.5 Å². The fraction of sp³-hybridized carbons (Fsp3) is 0.227. The van der Waals surface area contributed by atoms with Crippen molar-refractivity contribution < 1.29 is 9.18 Å². The number of carbonyl (C=O) groups excluding carboxylic acids is 1. The molecule has 3 rings (SSSR count). The van der Waals surface area contributed by atoms with Gasteiger partial charge in [0.05, 0.1) is 12.5 Å². The first-order valence-corrected chi connectivity index (χ1v) is 8.94. The first-order valence-electron chi connectivity index (χ1n) is 8.94. The van der Waals surface area contributed by atoms with Crippen molar-refractivity contribution in [2.45, 2.75) is 19.0 Å². The molecule has 0 aliphatic carbocycles. The lowest BCUT2D eigenvalue weighted by Crippen LogP contribution is -2.26. The van der Waals surface area contributed by atoms with E-state index in [2.05, 4.69) is 5.32 Å². The molecule has 5 heteroatoms. The van der Waals surface area contributed by atoms with Gasteiger partial charge in [-0.25, -0.2) is 4.39 Å². The highest BCUT2D eigenvalue weighted by Crippen LogP contribution is 2.23. The van der Waals surface area contributed by atoms with Gasteiger partial charge in [0, 0.05) is 38.7 Å². The van der Waals surface area contributed by atoms with E-state index in [1.54, 1.807) is 6.07 Å². The Morgan fingerprint density at radius 1 is 1.07 bits per heavy atom. The van der Waals surface area contributed by atoms with Crippen LogP contribution in [0.3, 0.4) is 0 Å². The summed E-state index contributed by atoms with van der Waals surface area (Å²) in [5.41, 5.74) is 2.93. The van der Waals surface area contributed by atoms with Crippen LogP contribution in [0.4, 0.5) is 10.1 Å². The van der Waals surface area contributed by atoms with Crippen LogP contribution in [-0.2, 0) is 11.3 Å². The van der Waals surface area contributed by atoms with Gasteiger partial charge in [0.15, 0.2) is 0 Å². The van der Waals surface area contributed by atoms with Gasteiger partial charge in [-0.3, -0.25) is 4.79 Å². The highest BCUT2D eigenvalue weighted by Gasteiger charge is 2.17. The van der Waals surface area contributed by atoms with Gasteiger partial charge in [-0.1, -0.05) is 24.3 Å². The molecule has 3 aromatic rings. The highest BCUT2D eigenvalue weighted by atomic mass is 19.1. The van der Waals surface area contributed by atoms with Crippen molar-refractivity contribution in [3.63, 3.8) is 0 Å². The number of carbonyl (C=O) groups is 1. The summed E-state index contributed by atoms with van der Waals surface area (Å²) in [5.74, 6) is -0.374. The van der Waals surface area contributed by atoms with Gasteiger partial charge in [-0.2, -0.15) is 0 Å². The minimum Gasteiger partial charge on any atom is -0.378 e. The number of hydrogen-bond donors (Lipinski definition) is 1. The molecule has 1 N–H and O–H groups in total. The van der Waals surface area contributed by atoms with E-state index in [0.29, 0.717) is 6.54 Å². The summed E-state index contributed by atoms with van der Waals surface area (Å²) in [6, 6.07) is 18.0. The molecule has 0 radical (unpaired) electrons. The summed E-state index contributed by atoms with van der Waals surface area (Å²) < 4.78 is 15.6. The molecular formula is C22H24FN3O. The quantitative estimate of drug-likeness (QED) is 0.687. The molecule has 0 saturated heterocycles. The molecule has 1 heterocycles. The molecule has 0 fully saturated rings. The second-order valence-electron chi connectivity index (χ2n) is 6.74. The summed E-state index contributed by atoms with van der Waals surface area (Å²) in [7, 11) is 3.98. The zero-order valence-electron chi connectivity index (χ0n) is 15.6. The topological polar surface area (TPSA) is 37.3 Å². The van der Waals surface area contributed by atoms with E-state index in [1.807, 2.05) is 78.4 Å². The number of amides is 1. The monoisotopic (exact) mass is 365 g/mol. The van der Waals surface area contributed by atoms with E-state index in [0.717, 1.165) is 16.8 Å². The molecule has 0 spiro atoms. The first-order chi connectivity index (χ1) is 13.0. The van der Waals surface area contributed by atoms with Crippen LogP contribution in [0.1, 0.15) is 23.6 Å². The Morgan fingerprint density at radius 2 is 1.78 bits per heavy atom. The van der Waals surface area contributed by atoms with E-state index >= 15 is 0 Å². The van der Waals surface area contributed by atoms with Crippen LogP contribution < -0.4 is 10.2 Å². The van der Waals surface area contributed by atoms with E-state index in [9.17, 15) is 9.18 Å². The number of nitrogens with zero attached hydrogens (tertiary/aromatic N) is 2. The lowest BCUT2D eigenvalue weighted by atomic mass is 10.0. The van der Waals surface area contributed by atoms with Crippen molar-refractivity contribution in [2.75, 3.05) is 19.0 Å². The summed E-state index contributed by atoms with van der Waals surface area (Å²) >= 11 is 0. The second-order valence-corrected chi connectivity index (χ2v) is 6.74. The second kappa shape index (κ2) is 8.54. The normalized spacial score (nSPS) is 11.8. The molecular weight excluding hydrogens is 341 g/mol.